The van der Waals surface area contributed by atoms with Crippen LogP contribution in [0.15, 0.2) is 53.6 Å². The SMILES string of the molecule is CC(CNS(=O)(=O)c1ccc(CN)nc1)c1ccccc1. The summed E-state index contributed by atoms with van der Waals surface area (Å²) in [6, 6.07) is 12.9. The Hall–Kier alpha value is -1.76. The monoisotopic (exact) mass is 305 g/mol. The number of aromatic nitrogens is 1. The van der Waals surface area contributed by atoms with E-state index >= 15 is 0 Å². The zero-order chi connectivity index (χ0) is 15.3. The zero-order valence-corrected chi connectivity index (χ0v) is 12.7. The highest BCUT2D eigenvalue weighted by Gasteiger charge is 2.16. The van der Waals surface area contributed by atoms with E-state index in [1.807, 2.05) is 37.3 Å². The van der Waals surface area contributed by atoms with Crippen molar-refractivity contribution < 1.29 is 8.42 Å². The van der Waals surface area contributed by atoms with Gasteiger partial charge in [-0.1, -0.05) is 37.3 Å². The summed E-state index contributed by atoms with van der Waals surface area (Å²) in [6.45, 7) is 2.61. The molecule has 5 nitrogen and oxygen atoms in total. The molecule has 21 heavy (non-hydrogen) atoms. The van der Waals surface area contributed by atoms with E-state index in [1.165, 1.54) is 12.3 Å². The summed E-state index contributed by atoms with van der Waals surface area (Å²) in [7, 11) is -3.54. The quantitative estimate of drug-likeness (QED) is 0.849. The molecule has 0 saturated heterocycles. The van der Waals surface area contributed by atoms with E-state index in [2.05, 4.69) is 9.71 Å². The van der Waals surface area contributed by atoms with E-state index in [1.54, 1.807) is 6.07 Å². The van der Waals surface area contributed by atoms with Gasteiger partial charge in [0.2, 0.25) is 10.0 Å². The van der Waals surface area contributed by atoms with E-state index in [0.717, 1.165) is 5.56 Å². The molecule has 1 aromatic carbocycles. The van der Waals surface area contributed by atoms with Gasteiger partial charge in [-0.2, -0.15) is 0 Å². The van der Waals surface area contributed by atoms with E-state index in [0.29, 0.717) is 18.8 Å². The van der Waals surface area contributed by atoms with E-state index < -0.39 is 10.0 Å². The number of rotatable bonds is 6. The van der Waals surface area contributed by atoms with Crippen LogP contribution in [0, 0.1) is 0 Å². The van der Waals surface area contributed by atoms with Crippen molar-refractivity contribution in [2.75, 3.05) is 6.54 Å². The summed E-state index contributed by atoms with van der Waals surface area (Å²) in [5, 5.41) is 0. The van der Waals surface area contributed by atoms with Gasteiger partial charge in [-0.05, 0) is 23.6 Å². The van der Waals surface area contributed by atoms with Crippen LogP contribution in [-0.4, -0.2) is 19.9 Å². The maximum absolute atomic E-state index is 12.2. The van der Waals surface area contributed by atoms with Crippen molar-refractivity contribution in [2.24, 2.45) is 5.73 Å². The third kappa shape index (κ3) is 4.10. The number of nitrogens with zero attached hydrogens (tertiary/aromatic N) is 1. The Kier molecular flexibility index (Phi) is 5.06. The number of hydrogen-bond donors (Lipinski definition) is 2. The Labute approximate surface area is 125 Å². The smallest absolute Gasteiger partial charge is 0.242 e. The van der Waals surface area contributed by atoms with Crippen molar-refractivity contribution in [1.29, 1.82) is 0 Å². The van der Waals surface area contributed by atoms with Crippen LogP contribution >= 0.6 is 0 Å². The number of sulfonamides is 1. The maximum Gasteiger partial charge on any atom is 0.242 e. The largest absolute Gasteiger partial charge is 0.325 e. The predicted molar refractivity (Wildman–Crippen MR) is 82.2 cm³/mol. The van der Waals surface area contributed by atoms with Crippen molar-refractivity contribution in [1.82, 2.24) is 9.71 Å². The summed E-state index contributed by atoms with van der Waals surface area (Å²) in [5.74, 6) is 0.0947. The van der Waals surface area contributed by atoms with E-state index in [-0.39, 0.29) is 10.8 Å². The molecule has 0 bridgehead atoms. The zero-order valence-electron chi connectivity index (χ0n) is 11.9. The first kappa shape index (κ1) is 15.6. The lowest BCUT2D eigenvalue weighted by Gasteiger charge is -2.13. The molecule has 0 fully saturated rings. The van der Waals surface area contributed by atoms with Gasteiger partial charge in [-0.15, -0.1) is 0 Å². The Morgan fingerprint density at radius 1 is 1.19 bits per heavy atom. The predicted octanol–water partition coefficient (Wildman–Crippen LogP) is 1.62. The van der Waals surface area contributed by atoms with Crippen LogP contribution in [0.25, 0.3) is 0 Å². The first-order valence-corrected chi connectivity index (χ1v) is 8.21. The number of benzene rings is 1. The van der Waals surface area contributed by atoms with Crippen LogP contribution in [0.5, 0.6) is 0 Å². The molecule has 1 heterocycles. The molecule has 0 aliphatic rings. The van der Waals surface area contributed by atoms with Crippen LogP contribution < -0.4 is 10.5 Å². The number of nitrogens with two attached hydrogens (primary N) is 1. The van der Waals surface area contributed by atoms with Crippen LogP contribution in [0.3, 0.4) is 0 Å². The molecule has 1 unspecified atom stereocenters. The molecule has 0 aliphatic heterocycles. The van der Waals surface area contributed by atoms with Crippen molar-refractivity contribution in [3.63, 3.8) is 0 Å². The van der Waals surface area contributed by atoms with Gasteiger partial charge in [0.1, 0.15) is 4.90 Å². The molecular weight excluding hydrogens is 286 g/mol. The number of nitrogens with one attached hydrogen (secondary N) is 1. The fraction of sp³-hybridized carbons (Fsp3) is 0.267. The molecule has 0 saturated carbocycles. The number of pyridine rings is 1. The van der Waals surface area contributed by atoms with Gasteiger partial charge in [-0.3, -0.25) is 4.98 Å². The van der Waals surface area contributed by atoms with Crippen molar-refractivity contribution >= 4 is 10.0 Å². The molecule has 6 heteroatoms. The van der Waals surface area contributed by atoms with Crippen molar-refractivity contribution in [2.45, 2.75) is 24.3 Å². The summed E-state index contributed by atoms with van der Waals surface area (Å²) in [4.78, 5) is 4.16. The third-order valence-electron chi connectivity index (χ3n) is 3.27. The first-order chi connectivity index (χ1) is 10.0. The third-order valence-corrected chi connectivity index (χ3v) is 4.67. The Morgan fingerprint density at radius 3 is 2.48 bits per heavy atom. The molecule has 1 atom stereocenters. The van der Waals surface area contributed by atoms with Gasteiger partial charge in [0, 0.05) is 19.3 Å². The number of hydrogen-bond acceptors (Lipinski definition) is 4. The molecule has 0 spiro atoms. The summed E-state index contributed by atoms with van der Waals surface area (Å²) in [6.07, 6.45) is 1.33. The fourth-order valence-electron chi connectivity index (χ4n) is 1.91. The summed E-state index contributed by atoms with van der Waals surface area (Å²) < 4.78 is 27.0. The van der Waals surface area contributed by atoms with E-state index in [9.17, 15) is 8.42 Å². The molecule has 0 radical (unpaired) electrons. The topological polar surface area (TPSA) is 85.1 Å². The minimum atomic E-state index is -3.54. The summed E-state index contributed by atoms with van der Waals surface area (Å²) >= 11 is 0. The highest BCUT2D eigenvalue weighted by Crippen LogP contribution is 2.15. The second kappa shape index (κ2) is 6.80. The van der Waals surface area contributed by atoms with Crippen LogP contribution in [0.4, 0.5) is 0 Å². The Bertz CT molecular complexity index is 670. The normalized spacial score (nSPS) is 13.0. The molecule has 2 rings (SSSR count). The Balaban J connectivity index is 2.04. The van der Waals surface area contributed by atoms with E-state index in [4.69, 9.17) is 5.73 Å². The minimum absolute atomic E-state index is 0.0947. The van der Waals surface area contributed by atoms with Gasteiger partial charge >= 0.3 is 0 Å². The Morgan fingerprint density at radius 2 is 1.90 bits per heavy atom. The molecular formula is C15H19N3O2S. The lowest BCUT2D eigenvalue weighted by Crippen LogP contribution is -2.27. The van der Waals surface area contributed by atoms with Crippen LogP contribution in [-0.2, 0) is 16.6 Å². The highest BCUT2D eigenvalue weighted by atomic mass is 32.2. The summed E-state index contributed by atoms with van der Waals surface area (Å²) in [5.41, 5.74) is 7.20. The first-order valence-electron chi connectivity index (χ1n) is 6.72. The fourth-order valence-corrected chi connectivity index (χ4v) is 2.98. The van der Waals surface area contributed by atoms with Crippen LogP contribution in [0.1, 0.15) is 24.1 Å². The van der Waals surface area contributed by atoms with Gasteiger partial charge in [0.05, 0.1) is 5.69 Å². The molecule has 3 N–H and O–H groups in total. The maximum atomic E-state index is 12.2. The lowest BCUT2D eigenvalue weighted by molar-refractivity contribution is 0.574. The average molecular weight is 305 g/mol. The molecule has 0 aliphatic carbocycles. The average Bonchev–Trinajstić information content (AvgIpc) is 2.53. The van der Waals surface area contributed by atoms with Gasteiger partial charge in [0.15, 0.2) is 0 Å². The second-order valence-corrected chi connectivity index (χ2v) is 6.62. The van der Waals surface area contributed by atoms with Gasteiger partial charge < -0.3 is 5.73 Å². The van der Waals surface area contributed by atoms with Crippen molar-refractivity contribution in [3.8, 4) is 0 Å². The highest BCUT2D eigenvalue weighted by molar-refractivity contribution is 7.89. The standard InChI is InChI=1S/C15H19N3O2S/c1-12(13-5-3-2-4-6-13)10-18-21(19,20)15-8-7-14(9-16)17-11-15/h2-8,11-12,18H,9-10,16H2,1H3. The van der Waals surface area contributed by atoms with Crippen LogP contribution in [0.2, 0.25) is 0 Å². The van der Waals surface area contributed by atoms with Crippen molar-refractivity contribution in [3.05, 3.63) is 59.9 Å². The minimum Gasteiger partial charge on any atom is -0.325 e. The molecule has 1 aromatic heterocycles. The lowest BCUT2D eigenvalue weighted by atomic mass is 10.0. The molecule has 2 aromatic rings. The molecule has 0 amide bonds. The van der Waals surface area contributed by atoms with Gasteiger partial charge in [0.25, 0.3) is 0 Å². The van der Waals surface area contributed by atoms with Gasteiger partial charge in [-0.25, -0.2) is 13.1 Å². The second-order valence-electron chi connectivity index (χ2n) is 4.85. The molecule has 112 valence electrons.